The Hall–Kier alpha value is -4.27. The van der Waals surface area contributed by atoms with Crippen molar-refractivity contribution in [3.05, 3.63) is 69.8 Å². The Balaban J connectivity index is 0.00000336. The molecule has 0 radical (unpaired) electrons. The van der Waals surface area contributed by atoms with Crippen molar-refractivity contribution in [1.29, 1.82) is 5.26 Å². The Labute approximate surface area is 223 Å². The number of aromatic nitrogens is 4. The molecule has 2 aromatic carbocycles. The van der Waals surface area contributed by atoms with E-state index in [0.717, 1.165) is 22.0 Å². The molecule has 196 valence electrons. The van der Waals surface area contributed by atoms with Gasteiger partial charge in [-0.25, -0.2) is 4.39 Å². The molecular formula is C26H26ClFN8O2. The van der Waals surface area contributed by atoms with Crippen LogP contribution in [-0.4, -0.2) is 63.0 Å². The highest BCUT2D eigenvalue weighted by molar-refractivity contribution is 5.89. The van der Waals surface area contributed by atoms with Crippen LogP contribution in [0.1, 0.15) is 18.1 Å². The molecule has 0 unspecified atom stereocenters. The van der Waals surface area contributed by atoms with Gasteiger partial charge in [-0.05, 0) is 43.7 Å². The van der Waals surface area contributed by atoms with E-state index in [1.807, 2.05) is 30.3 Å². The van der Waals surface area contributed by atoms with Crippen molar-refractivity contribution >= 4 is 35.0 Å². The first kappa shape index (κ1) is 26.8. The first-order valence-corrected chi connectivity index (χ1v) is 11.9. The number of benzene rings is 2. The summed E-state index contributed by atoms with van der Waals surface area (Å²) in [6.07, 6.45) is 0. The lowest BCUT2D eigenvalue weighted by molar-refractivity contribution is -0.132. The van der Waals surface area contributed by atoms with Crippen LogP contribution in [0.15, 0.2) is 47.3 Å². The number of nitrogens with zero attached hydrogens (tertiary/aromatic N) is 6. The SMILES string of the molecule is Cc1cc(C#N)cc(F)c1-n1nc2c(-c3ccc(N4CCN(C(=O)[C@H](C)N)CC4)cc3)n[nH]c2cc1=O.Cl. The van der Waals surface area contributed by atoms with Gasteiger partial charge in [0.15, 0.2) is 5.82 Å². The van der Waals surface area contributed by atoms with E-state index in [0.29, 0.717) is 48.5 Å². The molecular weight excluding hydrogens is 511 g/mol. The third-order valence-corrected chi connectivity index (χ3v) is 6.53. The molecule has 1 aliphatic heterocycles. The van der Waals surface area contributed by atoms with Crippen LogP contribution in [0.3, 0.4) is 0 Å². The van der Waals surface area contributed by atoms with Gasteiger partial charge in [-0.2, -0.15) is 20.1 Å². The monoisotopic (exact) mass is 536 g/mol. The van der Waals surface area contributed by atoms with Gasteiger partial charge in [0.05, 0.1) is 23.2 Å². The summed E-state index contributed by atoms with van der Waals surface area (Å²) < 4.78 is 15.8. The van der Waals surface area contributed by atoms with Crippen molar-refractivity contribution in [2.75, 3.05) is 31.1 Å². The highest BCUT2D eigenvalue weighted by atomic mass is 35.5. The van der Waals surface area contributed by atoms with Crippen LogP contribution >= 0.6 is 12.4 Å². The van der Waals surface area contributed by atoms with E-state index in [1.165, 1.54) is 12.1 Å². The van der Waals surface area contributed by atoms with E-state index in [4.69, 9.17) is 11.0 Å². The number of carbonyl (C=O) groups excluding carboxylic acids is 1. The van der Waals surface area contributed by atoms with Gasteiger partial charge >= 0.3 is 0 Å². The molecule has 1 saturated heterocycles. The number of aromatic amines is 1. The second-order valence-corrected chi connectivity index (χ2v) is 9.11. The number of nitrogens with one attached hydrogen (secondary N) is 1. The second kappa shape index (κ2) is 10.6. The lowest BCUT2D eigenvalue weighted by Gasteiger charge is -2.36. The standard InChI is InChI=1S/C26H25FN8O2.ClH/c1-15-11-17(14-28)12-20(27)25(15)35-22(36)13-21-24(32-35)23(31-30-21)18-3-5-19(6-4-18)33-7-9-34(10-8-33)26(37)16(2)29;/h3-6,11-13,16,30H,7-10,29H2,1-2H3;1H/t16-;/m0./s1. The fraction of sp³-hybridized carbons (Fsp3) is 0.269. The van der Waals surface area contributed by atoms with Crippen LogP contribution < -0.4 is 16.2 Å². The zero-order chi connectivity index (χ0) is 26.3. The number of carbonyl (C=O) groups is 1. The average Bonchev–Trinajstić information content (AvgIpc) is 3.30. The third kappa shape index (κ3) is 4.83. The molecule has 1 atom stereocenters. The van der Waals surface area contributed by atoms with Gasteiger partial charge in [-0.15, -0.1) is 12.4 Å². The van der Waals surface area contributed by atoms with Gasteiger partial charge in [-0.1, -0.05) is 12.1 Å². The quantitative estimate of drug-likeness (QED) is 0.409. The minimum Gasteiger partial charge on any atom is -0.368 e. The summed E-state index contributed by atoms with van der Waals surface area (Å²) in [5.41, 5.74) is 8.94. The van der Waals surface area contributed by atoms with Gasteiger partial charge in [0.25, 0.3) is 5.56 Å². The molecule has 0 bridgehead atoms. The fourth-order valence-corrected chi connectivity index (χ4v) is 4.62. The zero-order valence-corrected chi connectivity index (χ0v) is 21.6. The van der Waals surface area contributed by atoms with Gasteiger partial charge in [-0.3, -0.25) is 14.7 Å². The van der Waals surface area contributed by atoms with Crippen molar-refractivity contribution in [2.45, 2.75) is 19.9 Å². The van der Waals surface area contributed by atoms with Crippen molar-refractivity contribution < 1.29 is 9.18 Å². The lowest BCUT2D eigenvalue weighted by atomic mass is 10.1. The minimum atomic E-state index is -0.706. The first-order valence-electron chi connectivity index (χ1n) is 11.9. The van der Waals surface area contributed by atoms with Crippen molar-refractivity contribution in [3.8, 4) is 23.0 Å². The van der Waals surface area contributed by atoms with E-state index in [9.17, 15) is 14.0 Å². The van der Waals surface area contributed by atoms with Gasteiger partial charge < -0.3 is 15.5 Å². The van der Waals surface area contributed by atoms with E-state index in [2.05, 4.69) is 20.2 Å². The van der Waals surface area contributed by atoms with E-state index in [-0.39, 0.29) is 29.6 Å². The summed E-state index contributed by atoms with van der Waals surface area (Å²) in [5.74, 6) is -0.745. The van der Waals surface area contributed by atoms with Crippen LogP contribution in [0.4, 0.5) is 10.1 Å². The summed E-state index contributed by atoms with van der Waals surface area (Å²) in [6.45, 7) is 5.94. The normalized spacial score (nSPS) is 14.2. The average molecular weight is 537 g/mol. The number of aryl methyl sites for hydroxylation is 1. The number of halogens is 2. The maximum atomic E-state index is 14.8. The highest BCUT2D eigenvalue weighted by Gasteiger charge is 2.23. The van der Waals surface area contributed by atoms with Crippen molar-refractivity contribution in [2.24, 2.45) is 5.73 Å². The van der Waals surface area contributed by atoms with Crippen molar-refractivity contribution in [3.63, 3.8) is 0 Å². The number of piperazine rings is 1. The van der Waals surface area contributed by atoms with Crippen LogP contribution in [0.2, 0.25) is 0 Å². The predicted octanol–water partition coefficient (Wildman–Crippen LogP) is 2.51. The minimum absolute atomic E-state index is 0. The molecule has 4 aromatic rings. The number of H-pyrrole nitrogens is 1. The molecule has 5 rings (SSSR count). The number of anilines is 1. The number of nitriles is 1. The Bertz CT molecular complexity index is 1580. The maximum Gasteiger partial charge on any atom is 0.273 e. The molecule has 0 saturated carbocycles. The summed E-state index contributed by atoms with van der Waals surface area (Å²) in [4.78, 5) is 28.9. The van der Waals surface area contributed by atoms with Gasteiger partial charge in [0, 0.05) is 43.5 Å². The van der Waals surface area contributed by atoms with E-state index >= 15 is 0 Å². The molecule has 1 aliphatic rings. The van der Waals surface area contributed by atoms with Crippen LogP contribution in [0.25, 0.3) is 28.0 Å². The fourth-order valence-electron chi connectivity index (χ4n) is 4.62. The number of hydrogen-bond donors (Lipinski definition) is 2. The van der Waals surface area contributed by atoms with E-state index in [1.54, 1.807) is 18.7 Å². The Kier molecular flexibility index (Phi) is 7.48. The number of nitrogens with two attached hydrogens (primary N) is 1. The Morgan fingerprint density at radius 3 is 2.45 bits per heavy atom. The molecule has 2 aromatic heterocycles. The first-order chi connectivity index (χ1) is 17.8. The largest absolute Gasteiger partial charge is 0.368 e. The van der Waals surface area contributed by atoms with Gasteiger partial charge in [0.2, 0.25) is 5.91 Å². The summed E-state index contributed by atoms with van der Waals surface area (Å²) >= 11 is 0. The Morgan fingerprint density at radius 2 is 1.84 bits per heavy atom. The number of fused-ring (bicyclic) bond motifs is 1. The molecule has 3 N–H and O–H groups in total. The molecule has 3 heterocycles. The third-order valence-electron chi connectivity index (χ3n) is 6.53. The summed E-state index contributed by atoms with van der Waals surface area (Å²) in [7, 11) is 0. The highest BCUT2D eigenvalue weighted by Crippen LogP contribution is 2.28. The van der Waals surface area contributed by atoms with Crippen LogP contribution in [0, 0.1) is 24.1 Å². The van der Waals surface area contributed by atoms with Crippen molar-refractivity contribution in [1.82, 2.24) is 24.9 Å². The van der Waals surface area contributed by atoms with E-state index < -0.39 is 17.4 Å². The summed E-state index contributed by atoms with van der Waals surface area (Å²) in [5, 5.41) is 20.7. The Morgan fingerprint density at radius 1 is 1.16 bits per heavy atom. The molecule has 10 nitrogen and oxygen atoms in total. The molecule has 1 amide bonds. The smallest absolute Gasteiger partial charge is 0.273 e. The van der Waals surface area contributed by atoms with Crippen LogP contribution in [0.5, 0.6) is 0 Å². The molecule has 1 fully saturated rings. The molecule has 0 aliphatic carbocycles. The number of hydrogen-bond acceptors (Lipinski definition) is 7. The number of amides is 1. The molecule has 0 spiro atoms. The molecule has 38 heavy (non-hydrogen) atoms. The lowest BCUT2D eigenvalue weighted by Crippen LogP contribution is -2.52. The number of rotatable bonds is 4. The maximum absolute atomic E-state index is 14.8. The second-order valence-electron chi connectivity index (χ2n) is 9.11. The topological polar surface area (TPSA) is 137 Å². The van der Waals surface area contributed by atoms with Crippen LogP contribution in [-0.2, 0) is 4.79 Å². The zero-order valence-electron chi connectivity index (χ0n) is 20.8. The predicted molar refractivity (Wildman–Crippen MR) is 144 cm³/mol. The summed E-state index contributed by atoms with van der Waals surface area (Å²) in [6, 6.07) is 13.1. The van der Waals surface area contributed by atoms with Gasteiger partial charge in [0.1, 0.15) is 16.9 Å². The molecule has 12 heteroatoms.